The topological polar surface area (TPSA) is 58.7 Å². The summed E-state index contributed by atoms with van der Waals surface area (Å²) in [6.45, 7) is 4.12. The molecule has 92 valence electrons. The smallest absolute Gasteiger partial charge is 0.269 e. The van der Waals surface area contributed by atoms with E-state index in [1.165, 1.54) is 12.1 Å². The highest BCUT2D eigenvalue weighted by atomic mass is 16.6. The van der Waals surface area contributed by atoms with Crippen LogP contribution in [-0.4, -0.2) is 29.8 Å². The Morgan fingerprint density at radius 3 is 2.18 bits per heavy atom. The Bertz CT molecular complexity index is 412. The van der Waals surface area contributed by atoms with Crippen molar-refractivity contribution in [2.45, 2.75) is 13.8 Å². The number of hydrogen-bond acceptors (Lipinski definition) is 3. The third-order valence-corrected chi connectivity index (χ3v) is 2.28. The molecule has 5 heteroatoms. The predicted octanol–water partition coefficient (Wildman–Crippen LogP) is 2.84. The number of aliphatic imine (C=N–C) groups is 1. The molecule has 0 radical (unpaired) electrons. The van der Waals surface area contributed by atoms with Gasteiger partial charge in [-0.05, 0) is 12.1 Å². The summed E-state index contributed by atoms with van der Waals surface area (Å²) in [7, 11) is 3.87. The van der Waals surface area contributed by atoms with E-state index in [9.17, 15) is 10.1 Å². The van der Waals surface area contributed by atoms with Crippen LogP contribution in [0.2, 0.25) is 0 Å². The lowest BCUT2D eigenvalue weighted by Gasteiger charge is -2.18. The van der Waals surface area contributed by atoms with Gasteiger partial charge in [0.25, 0.3) is 5.69 Å². The number of amidine groups is 1. The van der Waals surface area contributed by atoms with Gasteiger partial charge >= 0.3 is 0 Å². The van der Waals surface area contributed by atoms with Crippen molar-refractivity contribution in [1.29, 1.82) is 0 Å². The molecule has 0 atom stereocenters. The lowest BCUT2D eigenvalue weighted by Crippen LogP contribution is -2.26. The average Bonchev–Trinajstić information content (AvgIpc) is 2.25. The Balaban J connectivity index is 3.00. The van der Waals surface area contributed by atoms with Gasteiger partial charge in [0.15, 0.2) is 0 Å². The highest BCUT2D eigenvalue weighted by molar-refractivity contribution is 5.86. The van der Waals surface area contributed by atoms with Gasteiger partial charge in [0.2, 0.25) is 0 Å². The van der Waals surface area contributed by atoms with Crippen LogP contribution in [0.25, 0.3) is 0 Å². The van der Waals surface area contributed by atoms with Crippen molar-refractivity contribution >= 4 is 17.2 Å². The Kier molecular flexibility index (Phi) is 4.20. The summed E-state index contributed by atoms with van der Waals surface area (Å²) in [5.41, 5.74) is 0.813. The van der Waals surface area contributed by atoms with Gasteiger partial charge in [-0.1, -0.05) is 13.8 Å². The van der Waals surface area contributed by atoms with Gasteiger partial charge in [0.1, 0.15) is 5.84 Å². The molecule has 17 heavy (non-hydrogen) atoms. The van der Waals surface area contributed by atoms with E-state index in [-0.39, 0.29) is 5.69 Å². The Labute approximate surface area is 101 Å². The fourth-order valence-electron chi connectivity index (χ4n) is 1.53. The molecule has 0 aliphatic rings. The SMILES string of the molecule is CC(C)C(=Nc1ccc([N+](=O)[O-])cc1)N(C)C. The molecular weight excluding hydrogens is 218 g/mol. The van der Waals surface area contributed by atoms with Crippen LogP contribution in [0.3, 0.4) is 0 Å². The van der Waals surface area contributed by atoms with Crippen molar-refractivity contribution < 1.29 is 4.92 Å². The van der Waals surface area contributed by atoms with Crippen LogP contribution in [0, 0.1) is 16.0 Å². The van der Waals surface area contributed by atoms with Gasteiger partial charge in [0.05, 0.1) is 10.6 Å². The van der Waals surface area contributed by atoms with Gasteiger partial charge < -0.3 is 4.90 Å². The quantitative estimate of drug-likeness (QED) is 0.350. The second-order valence-corrected chi connectivity index (χ2v) is 4.29. The Morgan fingerprint density at radius 2 is 1.82 bits per heavy atom. The summed E-state index contributed by atoms with van der Waals surface area (Å²) in [5.74, 6) is 1.25. The monoisotopic (exact) mass is 235 g/mol. The molecule has 0 bridgehead atoms. The number of nitro groups is 1. The van der Waals surface area contributed by atoms with E-state index in [1.807, 2.05) is 19.0 Å². The summed E-state index contributed by atoms with van der Waals surface area (Å²) in [5, 5.41) is 10.5. The normalized spacial score (nSPS) is 11.7. The number of non-ortho nitro benzene ring substituents is 1. The molecule has 0 unspecified atom stereocenters. The number of nitro benzene ring substituents is 1. The van der Waals surface area contributed by atoms with E-state index in [0.717, 1.165) is 11.5 Å². The van der Waals surface area contributed by atoms with Crippen molar-refractivity contribution in [3.05, 3.63) is 34.4 Å². The molecule has 0 heterocycles. The largest absolute Gasteiger partial charge is 0.366 e. The summed E-state index contributed by atoms with van der Waals surface area (Å²) < 4.78 is 0. The van der Waals surface area contributed by atoms with Gasteiger partial charge in [-0.25, -0.2) is 4.99 Å². The lowest BCUT2D eigenvalue weighted by atomic mass is 10.2. The first kappa shape index (κ1) is 13.2. The second kappa shape index (κ2) is 5.43. The maximum atomic E-state index is 10.5. The molecule has 5 nitrogen and oxygen atoms in total. The van der Waals surface area contributed by atoms with Gasteiger partial charge in [-0.15, -0.1) is 0 Å². The minimum atomic E-state index is -0.414. The zero-order valence-electron chi connectivity index (χ0n) is 10.5. The van der Waals surface area contributed by atoms with Crippen LogP contribution in [0.15, 0.2) is 29.3 Å². The highest BCUT2D eigenvalue weighted by Gasteiger charge is 2.08. The third-order valence-electron chi connectivity index (χ3n) is 2.28. The zero-order chi connectivity index (χ0) is 13.0. The molecule has 0 N–H and O–H groups in total. The van der Waals surface area contributed by atoms with E-state index in [2.05, 4.69) is 18.8 Å². The van der Waals surface area contributed by atoms with Crippen LogP contribution in [0.4, 0.5) is 11.4 Å². The molecule has 0 fully saturated rings. The highest BCUT2D eigenvalue weighted by Crippen LogP contribution is 2.19. The molecule has 0 aromatic heterocycles. The van der Waals surface area contributed by atoms with Crippen LogP contribution >= 0.6 is 0 Å². The van der Waals surface area contributed by atoms with Gasteiger partial charge in [0, 0.05) is 32.1 Å². The summed E-state index contributed by atoms with van der Waals surface area (Å²) >= 11 is 0. The van der Waals surface area contributed by atoms with E-state index >= 15 is 0 Å². The zero-order valence-corrected chi connectivity index (χ0v) is 10.5. The van der Waals surface area contributed by atoms with Crippen LogP contribution in [0.1, 0.15) is 13.8 Å². The predicted molar refractivity (Wildman–Crippen MR) is 68.7 cm³/mol. The van der Waals surface area contributed by atoms with Crippen molar-refractivity contribution in [3.8, 4) is 0 Å². The van der Waals surface area contributed by atoms with Crippen molar-refractivity contribution in [1.82, 2.24) is 4.90 Å². The molecule has 0 spiro atoms. The number of rotatable bonds is 3. The fourth-order valence-corrected chi connectivity index (χ4v) is 1.53. The molecule has 0 aliphatic carbocycles. The maximum Gasteiger partial charge on any atom is 0.269 e. The molecule has 1 rings (SSSR count). The van der Waals surface area contributed by atoms with Crippen molar-refractivity contribution in [2.75, 3.05) is 14.1 Å². The molecule has 0 saturated carbocycles. The van der Waals surface area contributed by atoms with Crippen molar-refractivity contribution in [2.24, 2.45) is 10.9 Å². The van der Waals surface area contributed by atoms with E-state index in [1.54, 1.807) is 12.1 Å². The molecular formula is C12H17N3O2. The maximum absolute atomic E-state index is 10.5. The lowest BCUT2D eigenvalue weighted by molar-refractivity contribution is -0.384. The minimum absolute atomic E-state index is 0.0832. The number of benzene rings is 1. The molecule has 0 amide bonds. The Hall–Kier alpha value is -1.91. The van der Waals surface area contributed by atoms with E-state index in [0.29, 0.717) is 5.92 Å². The first-order chi connectivity index (χ1) is 7.91. The molecule has 1 aromatic carbocycles. The summed E-state index contributed by atoms with van der Waals surface area (Å²) in [4.78, 5) is 16.5. The first-order valence-corrected chi connectivity index (χ1v) is 5.42. The van der Waals surface area contributed by atoms with Gasteiger partial charge in [-0.3, -0.25) is 10.1 Å². The average molecular weight is 235 g/mol. The summed E-state index contributed by atoms with van der Waals surface area (Å²) in [6.07, 6.45) is 0. The van der Waals surface area contributed by atoms with Crippen LogP contribution in [-0.2, 0) is 0 Å². The molecule has 0 aliphatic heterocycles. The first-order valence-electron chi connectivity index (χ1n) is 5.42. The third kappa shape index (κ3) is 3.55. The molecule has 0 saturated heterocycles. The standard InChI is InChI=1S/C12H17N3O2/c1-9(2)12(14(3)4)13-10-5-7-11(8-6-10)15(16)17/h5-9H,1-4H3. The van der Waals surface area contributed by atoms with E-state index in [4.69, 9.17) is 0 Å². The van der Waals surface area contributed by atoms with Crippen molar-refractivity contribution in [3.63, 3.8) is 0 Å². The number of hydrogen-bond donors (Lipinski definition) is 0. The van der Waals surface area contributed by atoms with Crippen LogP contribution in [0.5, 0.6) is 0 Å². The fraction of sp³-hybridized carbons (Fsp3) is 0.417. The number of nitrogens with zero attached hydrogens (tertiary/aromatic N) is 3. The minimum Gasteiger partial charge on any atom is -0.366 e. The van der Waals surface area contributed by atoms with Gasteiger partial charge in [-0.2, -0.15) is 0 Å². The second-order valence-electron chi connectivity index (χ2n) is 4.29. The Morgan fingerprint density at radius 1 is 1.29 bits per heavy atom. The molecule has 1 aromatic rings. The van der Waals surface area contributed by atoms with Crippen LogP contribution < -0.4 is 0 Å². The van der Waals surface area contributed by atoms with E-state index < -0.39 is 4.92 Å². The summed E-state index contributed by atoms with van der Waals surface area (Å²) in [6, 6.07) is 6.24.